The minimum atomic E-state index is 0.714. The predicted octanol–water partition coefficient (Wildman–Crippen LogP) is 1.99. The van der Waals surface area contributed by atoms with Gasteiger partial charge in [0.1, 0.15) is 11.6 Å². The van der Waals surface area contributed by atoms with Crippen LogP contribution in [0.3, 0.4) is 0 Å². The fourth-order valence-corrected chi connectivity index (χ4v) is 2.55. The molecule has 21 heavy (non-hydrogen) atoms. The van der Waals surface area contributed by atoms with Crippen LogP contribution < -0.4 is 10.1 Å². The highest BCUT2D eigenvalue weighted by atomic mass is 16.5. The molecule has 0 fully saturated rings. The Bertz CT molecular complexity index is 852. The van der Waals surface area contributed by atoms with Crippen molar-refractivity contribution in [2.45, 2.75) is 0 Å². The second-order valence-corrected chi connectivity index (χ2v) is 4.68. The van der Waals surface area contributed by atoms with E-state index in [4.69, 9.17) is 4.74 Å². The number of ether oxygens (including phenoxy) is 1. The van der Waals surface area contributed by atoms with E-state index in [1.165, 1.54) is 0 Å². The highest BCUT2D eigenvalue weighted by Gasteiger charge is 2.20. The lowest BCUT2D eigenvalue weighted by Gasteiger charge is -2.20. The molecule has 4 rings (SSSR count). The molecule has 0 aromatic carbocycles. The molecule has 0 unspecified atom stereocenters. The molecule has 0 bridgehead atoms. The molecule has 4 heterocycles. The van der Waals surface area contributed by atoms with Crippen LogP contribution >= 0.6 is 0 Å². The molecule has 3 aromatic heterocycles. The fraction of sp³-hybridized carbons (Fsp3) is 0.133. The van der Waals surface area contributed by atoms with Crippen LogP contribution in [0.25, 0.3) is 11.2 Å². The molecule has 0 radical (unpaired) electrons. The highest BCUT2D eigenvalue weighted by Crippen LogP contribution is 2.36. The molecule has 0 atom stereocenters. The van der Waals surface area contributed by atoms with Gasteiger partial charge in [-0.15, -0.1) is 0 Å². The first kappa shape index (κ1) is 11.9. The Morgan fingerprint density at radius 2 is 2.14 bits per heavy atom. The minimum absolute atomic E-state index is 0.714. The summed E-state index contributed by atoms with van der Waals surface area (Å²) in [5, 5.41) is 7.86. The molecule has 0 saturated carbocycles. The number of aromatic nitrogens is 4. The Hall–Kier alpha value is -2.89. The summed E-state index contributed by atoms with van der Waals surface area (Å²) in [4.78, 5) is 8.59. The van der Waals surface area contributed by atoms with Crippen LogP contribution in [0.15, 0.2) is 42.9 Å². The van der Waals surface area contributed by atoms with Crippen molar-refractivity contribution in [2.75, 3.05) is 19.0 Å². The molecule has 0 aliphatic carbocycles. The molecule has 1 aliphatic rings. The van der Waals surface area contributed by atoms with Gasteiger partial charge >= 0.3 is 0 Å². The van der Waals surface area contributed by atoms with E-state index in [2.05, 4.69) is 26.5 Å². The van der Waals surface area contributed by atoms with Crippen molar-refractivity contribution < 1.29 is 4.74 Å². The van der Waals surface area contributed by atoms with Crippen LogP contribution in [0.4, 0.5) is 5.82 Å². The zero-order valence-electron chi connectivity index (χ0n) is 11.4. The second kappa shape index (κ2) is 4.59. The van der Waals surface area contributed by atoms with Gasteiger partial charge in [0.25, 0.3) is 0 Å². The van der Waals surface area contributed by atoms with Gasteiger partial charge in [-0.25, -0.2) is 14.5 Å². The normalized spacial score (nSPS) is 13.5. The zero-order chi connectivity index (χ0) is 14.2. The van der Waals surface area contributed by atoms with E-state index in [0.717, 1.165) is 34.0 Å². The number of pyridine rings is 1. The van der Waals surface area contributed by atoms with Gasteiger partial charge in [0.05, 0.1) is 18.4 Å². The van der Waals surface area contributed by atoms with E-state index in [1.54, 1.807) is 24.0 Å². The number of nitrogens with one attached hydrogen (secondary N) is 1. The van der Waals surface area contributed by atoms with Gasteiger partial charge in [-0.1, -0.05) is 6.08 Å². The van der Waals surface area contributed by atoms with Crippen LogP contribution in [0.5, 0.6) is 5.75 Å². The first-order valence-corrected chi connectivity index (χ1v) is 6.65. The van der Waals surface area contributed by atoms with Crippen LogP contribution in [0.2, 0.25) is 0 Å². The lowest BCUT2D eigenvalue weighted by molar-refractivity contribution is 0.413. The van der Waals surface area contributed by atoms with Crippen LogP contribution in [-0.2, 0) is 0 Å². The molecular weight excluding hydrogens is 266 g/mol. The molecule has 6 nitrogen and oxygen atoms in total. The van der Waals surface area contributed by atoms with Gasteiger partial charge in [0, 0.05) is 30.7 Å². The molecule has 6 heteroatoms. The van der Waals surface area contributed by atoms with E-state index in [1.807, 2.05) is 24.4 Å². The van der Waals surface area contributed by atoms with Gasteiger partial charge < -0.3 is 10.1 Å². The molecule has 0 saturated heterocycles. The lowest BCUT2D eigenvalue weighted by atomic mass is 9.99. The van der Waals surface area contributed by atoms with Gasteiger partial charge in [0.2, 0.25) is 0 Å². The van der Waals surface area contributed by atoms with Crippen molar-refractivity contribution in [1.29, 1.82) is 0 Å². The van der Waals surface area contributed by atoms with Crippen LogP contribution in [0, 0.1) is 0 Å². The Balaban J connectivity index is 1.91. The average Bonchev–Trinajstić information content (AvgIpc) is 3.01. The van der Waals surface area contributed by atoms with E-state index in [9.17, 15) is 0 Å². The molecule has 1 aliphatic heterocycles. The Morgan fingerprint density at radius 3 is 3.05 bits per heavy atom. The van der Waals surface area contributed by atoms with Gasteiger partial charge in [-0.3, -0.25) is 0 Å². The van der Waals surface area contributed by atoms with E-state index in [-0.39, 0.29) is 0 Å². The fourth-order valence-electron chi connectivity index (χ4n) is 2.55. The smallest absolute Gasteiger partial charge is 0.153 e. The van der Waals surface area contributed by atoms with Crippen molar-refractivity contribution in [1.82, 2.24) is 19.6 Å². The van der Waals surface area contributed by atoms with E-state index >= 15 is 0 Å². The van der Waals surface area contributed by atoms with Crippen LogP contribution in [0.1, 0.15) is 11.3 Å². The Labute approximate surface area is 121 Å². The Morgan fingerprint density at radius 1 is 1.19 bits per heavy atom. The van der Waals surface area contributed by atoms with Crippen molar-refractivity contribution in [2.24, 2.45) is 0 Å². The number of methoxy groups -OCH3 is 1. The summed E-state index contributed by atoms with van der Waals surface area (Å²) in [5.74, 6) is 1.60. The minimum Gasteiger partial charge on any atom is -0.496 e. The quantitative estimate of drug-likeness (QED) is 0.777. The van der Waals surface area contributed by atoms with Gasteiger partial charge in [0.15, 0.2) is 5.65 Å². The lowest BCUT2D eigenvalue weighted by Crippen LogP contribution is -2.12. The number of imidazole rings is 1. The molecule has 3 aromatic rings. The predicted molar refractivity (Wildman–Crippen MR) is 79.3 cm³/mol. The SMILES string of the molecule is COc1ccnc2c1C(c1ccc3nccn3n1)=CCN2. The summed E-state index contributed by atoms with van der Waals surface area (Å²) in [6, 6.07) is 5.78. The summed E-state index contributed by atoms with van der Waals surface area (Å²) in [6.07, 6.45) is 7.40. The monoisotopic (exact) mass is 279 g/mol. The number of nitrogens with zero attached hydrogens (tertiary/aromatic N) is 4. The highest BCUT2D eigenvalue weighted by molar-refractivity contribution is 5.88. The topological polar surface area (TPSA) is 64.3 Å². The zero-order valence-corrected chi connectivity index (χ0v) is 11.4. The molecular formula is C15H13N5O. The Kier molecular flexibility index (Phi) is 2.60. The maximum Gasteiger partial charge on any atom is 0.153 e. The van der Waals surface area contributed by atoms with E-state index in [0.29, 0.717) is 6.54 Å². The molecule has 0 spiro atoms. The summed E-state index contributed by atoms with van der Waals surface area (Å²) < 4.78 is 7.23. The first-order chi connectivity index (χ1) is 10.4. The molecule has 1 N–H and O–H groups in total. The van der Waals surface area contributed by atoms with Gasteiger partial charge in [-0.2, -0.15) is 5.10 Å². The summed E-state index contributed by atoms with van der Waals surface area (Å²) in [6.45, 7) is 0.714. The van der Waals surface area contributed by atoms with Crippen molar-refractivity contribution >= 4 is 17.0 Å². The van der Waals surface area contributed by atoms with Gasteiger partial charge in [-0.05, 0) is 18.2 Å². The first-order valence-electron chi connectivity index (χ1n) is 6.65. The number of rotatable bonds is 2. The van der Waals surface area contributed by atoms with E-state index < -0.39 is 0 Å². The number of fused-ring (bicyclic) bond motifs is 2. The van der Waals surface area contributed by atoms with Crippen molar-refractivity contribution in [3.8, 4) is 5.75 Å². The third-order valence-electron chi connectivity index (χ3n) is 3.51. The average molecular weight is 279 g/mol. The standard InChI is InChI=1S/C15H13N5O/c1-21-12-5-7-18-15-14(12)10(4-6-17-15)11-2-3-13-16-8-9-20(13)19-11/h2-5,7-9H,6H2,1H3,(H,17,18). The summed E-state index contributed by atoms with van der Waals surface area (Å²) >= 11 is 0. The summed E-state index contributed by atoms with van der Waals surface area (Å²) in [7, 11) is 1.66. The van der Waals surface area contributed by atoms with Crippen molar-refractivity contribution in [3.05, 3.63) is 54.1 Å². The maximum atomic E-state index is 5.47. The van der Waals surface area contributed by atoms with Crippen LogP contribution in [-0.4, -0.2) is 33.2 Å². The number of anilines is 1. The maximum absolute atomic E-state index is 5.47. The summed E-state index contributed by atoms with van der Waals surface area (Å²) in [5.41, 5.74) is 3.66. The largest absolute Gasteiger partial charge is 0.496 e. The van der Waals surface area contributed by atoms with Crippen molar-refractivity contribution in [3.63, 3.8) is 0 Å². The molecule has 104 valence electrons. The second-order valence-electron chi connectivity index (χ2n) is 4.68. The number of hydrogen-bond donors (Lipinski definition) is 1. The molecule has 0 amide bonds. The third kappa shape index (κ3) is 1.84. The third-order valence-corrected chi connectivity index (χ3v) is 3.51. The number of hydrogen-bond acceptors (Lipinski definition) is 5.